The van der Waals surface area contributed by atoms with Crippen LogP contribution < -0.4 is 5.43 Å². The van der Waals surface area contributed by atoms with Gasteiger partial charge in [0, 0.05) is 11.4 Å². The summed E-state index contributed by atoms with van der Waals surface area (Å²) in [5, 5.41) is 4.90. The number of Topliss-reactive ketones (excluding diaryl/α,β-unsaturated/α-hetero) is 1. The summed E-state index contributed by atoms with van der Waals surface area (Å²) in [5.41, 5.74) is 3.51. The maximum absolute atomic E-state index is 12.5. The molecule has 2 aromatic rings. The standard InChI is InChI=1S/C18H16Cl2N2O3/c1-2-25-18(24)17(22-21-15-6-4-3-5-14(15)20)16(23)11-12-7-9-13(19)10-8-12/h3-10,21H,2,11H2,1H3/b22-17-. The Labute approximate surface area is 155 Å². The first-order chi connectivity index (χ1) is 12.0. The van der Waals surface area contributed by atoms with Crippen molar-refractivity contribution < 1.29 is 14.3 Å². The van der Waals surface area contributed by atoms with E-state index in [2.05, 4.69) is 10.5 Å². The van der Waals surface area contributed by atoms with Gasteiger partial charge in [-0.2, -0.15) is 5.10 Å². The number of carbonyl (C=O) groups excluding carboxylic acids is 2. The van der Waals surface area contributed by atoms with E-state index in [1.165, 1.54) is 0 Å². The van der Waals surface area contributed by atoms with E-state index < -0.39 is 11.8 Å². The summed E-state index contributed by atoms with van der Waals surface area (Å²) in [6, 6.07) is 13.6. The van der Waals surface area contributed by atoms with Crippen LogP contribution in [0.25, 0.3) is 0 Å². The largest absolute Gasteiger partial charge is 0.461 e. The number of nitrogens with one attached hydrogen (secondary N) is 1. The number of rotatable bonds is 7. The monoisotopic (exact) mass is 378 g/mol. The van der Waals surface area contributed by atoms with Crippen LogP contribution >= 0.6 is 23.2 Å². The molecular formula is C18H16Cl2N2O3. The lowest BCUT2D eigenvalue weighted by atomic mass is 10.1. The molecule has 0 aliphatic rings. The number of ether oxygens (including phenoxy) is 1. The first kappa shape index (κ1) is 19.0. The van der Waals surface area contributed by atoms with Gasteiger partial charge in [-0.15, -0.1) is 0 Å². The number of carbonyl (C=O) groups is 2. The summed E-state index contributed by atoms with van der Waals surface area (Å²) < 4.78 is 4.92. The van der Waals surface area contributed by atoms with Crippen LogP contribution in [0.1, 0.15) is 12.5 Å². The fourth-order valence-electron chi connectivity index (χ4n) is 1.96. The van der Waals surface area contributed by atoms with Gasteiger partial charge in [-0.3, -0.25) is 10.2 Å². The Balaban J connectivity index is 2.21. The van der Waals surface area contributed by atoms with Gasteiger partial charge >= 0.3 is 5.97 Å². The van der Waals surface area contributed by atoms with Crippen molar-refractivity contribution in [3.05, 3.63) is 64.1 Å². The van der Waals surface area contributed by atoms with Gasteiger partial charge in [-0.1, -0.05) is 47.5 Å². The molecule has 0 radical (unpaired) electrons. The minimum absolute atomic E-state index is 0.000974. The van der Waals surface area contributed by atoms with E-state index >= 15 is 0 Å². The lowest BCUT2D eigenvalue weighted by molar-refractivity contribution is -0.135. The Morgan fingerprint density at radius 3 is 2.40 bits per heavy atom. The average Bonchev–Trinajstić information content (AvgIpc) is 2.59. The topological polar surface area (TPSA) is 67.8 Å². The van der Waals surface area contributed by atoms with Gasteiger partial charge in [0.2, 0.25) is 5.71 Å². The SMILES string of the molecule is CCOC(=O)/C(=N\Nc1ccccc1Cl)C(=O)Cc1ccc(Cl)cc1. The summed E-state index contributed by atoms with van der Waals surface area (Å²) in [5.74, 6) is -1.26. The Morgan fingerprint density at radius 2 is 1.76 bits per heavy atom. The quantitative estimate of drug-likeness (QED) is 0.340. The molecule has 0 heterocycles. The molecule has 1 N–H and O–H groups in total. The highest BCUT2D eigenvalue weighted by Gasteiger charge is 2.22. The molecule has 0 aliphatic heterocycles. The maximum Gasteiger partial charge on any atom is 0.362 e. The van der Waals surface area contributed by atoms with Crippen LogP contribution in [0.15, 0.2) is 53.6 Å². The third-order valence-electron chi connectivity index (χ3n) is 3.17. The molecule has 0 saturated heterocycles. The number of nitrogens with zero attached hydrogens (tertiary/aromatic N) is 1. The molecule has 7 heteroatoms. The van der Waals surface area contributed by atoms with Crippen LogP contribution in [0.5, 0.6) is 0 Å². The number of hydrazone groups is 1. The van der Waals surface area contributed by atoms with E-state index in [9.17, 15) is 9.59 Å². The fourth-order valence-corrected chi connectivity index (χ4v) is 2.26. The predicted molar refractivity (Wildman–Crippen MR) is 99.3 cm³/mol. The van der Waals surface area contributed by atoms with E-state index in [0.717, 1.165) is 0 Å². The number of hydrogen-bond donors (Lipinski definition) is 1. The zero-order valence-corrected chi connectivity index (χ0v) is 15.0. The summed E-state index contributed by atoms with van der Waals surface area (Å²) in [6.07, 6.45) is -0.000974. The van der Waals surface area contributed by atoms with Gasteiger partial charge in [0.05, 0.1) is 17.3 Å². The molecule has 2 aromatic carbocycles. The molecule has 0 aromatic heterocycles. The van der Waals surface area contributed by atoms with Gasteiger partial charge in [-0.25, -0.2) is 4.79 Å². The molecule has 0 saturated carbocycles. The van der Waals surface area contributed by atoms with E-state index in [1.54, 1.807) is 55.5 Å². The average molecular weight is 379 g/mol. The van der Waals surface area contributed by atoms with Crippen molar-refractivity contribution >= 4 is 46.4 Å². The zero-order valence-electron chi connectivity index (χ0n) is 13.5. The first-order valence-corrected chi connectivity index (χ1v) is 8.30. The minimum atomic E-state index is -0.791. The second-order valence-electron chi connectivity index (χ2n) is 5.00. The fraction of sp³-hybridized carbons (Fsp3) is 0.167. The van der Waals surface area contributed by atoms with Crippen LogP contribution in [0.2, 0.25) is 10.0 Å². The van der Waals surface area contributed by atoms with E-state index in [0.29, 0.717) is 21.3 Å². The van der Waals surface area contributed by atoms with Crippen molar-refractivity contribution in [2.75, 3.05) is 12.0 Å². The molecule has 0 spiro atoms. The highest BCUT2D eigenvalue weighted by atomic mass is 35.5. The van der Waals surface area contributed by atoms with Gasteiger partial charge in [0.1, 0.15) is 0 Å². The van der Waals surface area contributed by atoms with Gasteiger partial charge < -0.3 is 4.74 Å². The molecule has 2 rings (SSSR count). The van der Waals surface area contributed by atoms with Crippen LogP contribution in [-0.2, 0) is 20.7 Å². The third kappa shape index (κ3) is 5.59. The molecule has 130 valence electrons. The van der Waals surface area contributed by atoms with E-state index in [-0.39, 0.29) is 18.7 Å². The normalized spacial score (nSPS) is 11.1. The molecule has 0 atom stereocenters. The molecule has 0 amide bonds. The van der Waals surface area contributed by atoms with Crippen LogP contribution in [0.3, 0.4) is 0 Å². The van der Waals surface area contributed by atoms with Crippen LogP contribution in [0.4, 0.5) is 5.69 Å². The molecule has 0 aliphatic carbocycles. The van der Waals surface area contributed by atoms with Gasteiger partial charge in [0.15, 0.2) is 5.78 Å². The molecule has 0 fully saturated rings. The number of halogens is 2. The summed E-state index contributed by atoms with van der Waals surface area (Å²) in [7, 11) is 0. The lowest BCUT2D eigenvalue weighted by Crippen LogP contribution is -2.29. The smallest absolute Gasteiger partial charge is 0.362 e. The van der Waals surface area contributed by atoms with Gasteiger partial charge in [-0.05, 0) is 36.8 Å². The number of esters is 1. The number of para-hydroxylation sites is 1. The summed E-state index contributed by atoms with van der Waals surface area (Å²) in [4.78, 5) is 24.5. The van der Waals surface area contributed by atoms with Crippen molar-refractivity contribution in [3.8, 4) is 0 Å². The third-order valence-corrected chi connectivity index (χ3v) is 3.75. The minimum Gasteiger partial charge on any atom is -0.461 e. The maximum atomic E-state index is 12.5. The van der Waals surface area contributed by atoms with Crippen molar-refractivity contribution in [1.29, 1.82) is 0 Å². The van der Waals surface area contributed by atoms with Crippen molar-refractivity contribution in [2.24, 2.45) is 5.10 Å². The Bertz CT molecular complexity index is 789. The second kappa shape index (κ2) is 9.20. The Hall–Kier alpha value is -2.37. The zero-order chi connectivity index (χ0) is 18.2. The second-order valence-corrected chi connectivity index (χ2v) is 5.84. The summed E-state index contributed by atoms with van der Waals surface area (Å²) in [6.45, 7) is 1.79. The van der Waals surface area contributed by atoms with E-state index in [1.807, 2.05) is 0 Å². The predicted octanol–water partition coefficient (Wildman–Crippen LogP) is 4.14. The molecule has 0 bridgehead atoms. The number of benzene rings is 2. The molecule has 0 unspecified atom stereocenters. The van der Waals surface area contributed by atoms with E-state index in [4.69, 9.17) is 27.9 Å². The van der Waals surface area contributed by atoms with Crippen LogP contribution in [0, 0.1) is 0 Å². The highest BCUT2D eigenvalue weighted by molar-refractivity contribution is 6.64. The number of anilines is 1. The van der Waals surface area contributed by atoms with Crippen molar-refractivity contribution in [3.63, 3.8) is 0 Å². The molecule has 5 nitrogen and oxygen atoms in total. The highest BCUT2D eigenvalue weighted by Crippen LogP contribution is 2.20. The lowest BCUT2D eigenvalue weighted by Gasteiger charge is -2.08. The summed E-state index contributed by atoms with van der Waals surface area (Å²) >= 11 is 11.9. The molecular weight excluding hydrogens is 363 g/mol. The van der Waals surface area contributed by atoms with Gasteiger partial charge in [0.25, 0.3) is 0 Å². The Morgan fingerprint density at radius 1 is 1.08 bits per heavy atom. The Kier molecular flexibility index (Phi) is 6.98. The van der Waals surface area contributed by atoms with Crippen molar-refractivity contribution in [2.45, 2.75) is 13.3 Å². The first-order valence-electron chi connectivity index (χ1n) is 7.54. The van der Waals surface area contributed by atoms with Crippen LogP contribution in [-0.4, -0.2) is 24.1 Å². The molecule has 25 heavy (non-hydrogen) atoms. The number of hydrogen-bond acceptors (Lipinski definition) is 5. The van der Waals surface area contributed by atoms with Crippen molar-refractivity contribution in [1.82, 2.24) is 0 Å². The number of ketones is 1.